The lowest BCUT2D eigenvalue weighted by Gasteiger charge is -2.32. The summed E-state index contributed by atoms with van der Waals surface area (Å²) in [5.74, 6) is 0.288. The van der Waals surface area contributed by atoms with Gasteiger partial charge in [-0.1, -0.05) is 41.6 Å². The fourth-order valence-corrected chi connectivity index (χ4v) is 6.18. The van der Waals surface area contributed by atoms with Gasteiger partial charge in [-0.15, -0.1) is 11.3 Å². The molecule has 3 aromatic rings. The lowest BCUT2D eigenvalue weighted by atomic mass is 9.98. The number of piperidine rings is 1. The van der Waals surface area contributed by atoms with Crippen LogP contribution in [0.3, 0.4) is 0 Å². The van der Waals surface area contributed by atoms with Gasteiger partial charge < -0.3 is 9.42 Å². The van der Waals surface area contributed by atoms with Gasteiger partial charge in [0.05, 0.1) is 12.5 Å². The Kier molecular flexibility index (Phi) is 5.98. The van der Waals surface area contributed by atoms with E-state index in [1.54, 1.807) is 24.6 Å². The molecule has 0 aliphatic carbocycles. The number of carbonyl (C=O) groups excluding carboxylic acids is 1. The standard InChI is InChI=1S/C20H22N4O4S2/c1-23(14-17-21-19(22-28-17)15-7-3-2-4-8-15)20(25)16-9-5-11-24(13-16)30(26,27)18-10-6-12-29-18/h2-4,6-8,10,12,16H,5,9,11,13-14H2,1H3. The number of aromatic nitrogens is 2. The number of benzene rings is 1. The molecule has 1 aliphatic heterocycles. The monoisotopic (exact) mass is 446 g/mol. The summed E-state index contributed by atoms with van der Waals surface area (Å²) >= 11 is 1.19. The van der Waals surface area contributed by atoms with Crippen molar-refractivity contribution in [2.75, 3.05) is 20.1 Å². The molecule has 1 amide bonds. The summed E-state index contributed by atoms with van der Waals surface area (Å²) in [7, 11) is -1.89. The second-order valence-electron chi connectivity index (χ2n) is 7.21. The van der Waals surface area contributed by atoms with Gasteiger partial charge in [-0.3, -0.25) is 4.79 Å². The number of thiophene rings is 1. The first-order valence-electron chi connectivity index (χ1n) is 9.62. The molecule has 1 aliphatic rings. The normalized spacial score (nSPS) is 17.7. The van der Waals surface area contributed by atoms with Crippen molar-refractivity contribution in [1.82, 2.24) is 19.3 Å². The second kappa shape index (κ2) is 8.66. The fraction of sp³-hybridized carbons (Fsp3) is 0.350. The van der Waals surface area contributed by atoms with Gasteiger partial charge in [0.15, 0.2) is 0 Å². The Hall–Kier alpha value is -2.56. The molecule has 4 rings (SSSR count). The molecule has 1 fully saturated rings. The summed E-state index contributed by atoms with van der Waals surface area (Å²) in [5, 5.41) is 5.71. The number of hydrogen-bond donors (Lipinski definition) is 0. The summed E-state index contributed by atoms with van der Waals surface area (Å²) in [4.78, 5) is 18.8. The van der Waals surface area contributed by atoms with Crippen LogP contribution < -0.4 is 0 Å². The number of nitrogens with zero attached hydrogens (tertiary/aromatic N) is 4. The Labute approximate surface area is 179 Å². The molecule has 1 saturated heterocycles. The predicted molar refractivity (Wildman–Crippen MR) is 112 cm³/mol. The third-order valence-electron chi connectivity index (χ3n) is 5.07. The highest BCUT2D eigenvalue weighted by atomic mass is 32.2. The van der Waals surface area contributed by atoms with Crippen LogP contribution in [-0.2, 0) is 21.4 Å². The molecule has 0 bridgehead atoms. The molecule has 0 spiro atoms. The van der Waals surface area contributed by atoms with Crippen LogP contribution in [-0.4, -0.2) is 53.8 Å². The van der Waals surface area contributed by atoms with Gasteiger partial charge in [-0.25, -0.2) is 8.42 Å². The molecule has 2 aromatic heterocycles. The topological polar surface area (TPSA) is 96.6 Å². The second-order valence-corrected chi connectivity index (χ2v) is 10.3. The van der Waals surface area contributed by atoms with Crippen molar-refractivity contribution in [3.63, 3.8) is 0 Å². The van der Waals surface area contributed by atoms with Crippen LogP contribution in [0.5, 0.6) is 0 Å². The van der Waals surface area contributed by atoms with Gasteiger partial charge in [-0.05, 0) is 24.3 Å². The van der Waals surface area contributed by atoms with Crippen molar-refractivity contribution in [1.29, 1.82) is 0 Å². The van der Waals surface area contributed by atoms with Crippen LogP contribution in [0.4, 0.5) is 0 Å². The van der Waals surface area contributed by atoms with E-state index in [4.69, 9.17) is 4.52 Å². The summed E-state index contributed by atoms with van der Waals surface area (Å²) in [6, 6.07) is 12.8. The maximum absolute atomic E-state index is 13.0. The van der Waals surface area contributed by atoms with Gasteiger partial charge >= 0.3 is 0 Å². The van der Waals surface area contributed by atoms with E-state index in [2.05, 4.69) is 10.1 Å². The largest absolute Gasteiger partial charge is 0.337 e. The van der Waals surface area contributed by atoms with Gasteiger partial charge in [0.25, 0.3) is 10.0 Å². The minimum atomic E-state index is -3.56. The van der Waals surface area contributed by atoms with E-state index in [9.17, 15) is 13.2 Å². The molecule has 3 heterocycles. The summed E-state index contributed by atoms with van der Waals surface area (Å²) in [5.41, 5.74) is 0.836. The first kappa shape index (κ1) is 20.7. The van der Waals surface area contributed by atoms with Crippen molar-refractivity contribution in [2.45, 2.75) is 23.6 Å². The zero-order valence-corrected chi connectivity index (χ0v) is 18.1. The maximum Gasteiger partial charge on any atom is 0.252 e. The number of amides is 1. The SMILES string of the molecule is CN(Cc1nc(-c2ccccc2)no1)C(=O)C1CCCN(S(=O)(=O)c2cccs2)C1. The third-order valence-corrected chi connectivity index (χ3v) is 8.31. The van der Waals surface area contributed by atoms with Crippen LogP contribution in [0, 0.1) is 5.92 Å². The summed E-state index contributed by atoms with van der Waals surface area (Å²) < 4.78 is 32.6. The van der Waals surface area contributed by atoms with E-state index < -0.39 is 15.9 Å². The van der Waals surface area contributed by atoms with E-state index in [-0.39, 0.29) is 19.0 Å². The molecule has 10 heteroatoms. The van der Waals surface area contributed by atoms with Gasteiger partial charge in [0.1, 0.15) is 4.21 Å². The van der Waals surface area contributed by atoms with Crippen LogP contribution >= 0.6 is 11.3 Å². The number of rotatable bonds is 6. The Morgan fingerprint density at radius 2 is 2.07 bits per heavy atom. The highest BCUT2D eigenvalue weighted by Gasteiger charge is 2.35. The van der Waals surface area contributed by atoms with Crippen LogP contribution in [0.25, 0.3) is 11.4 Å². The fourth-order valence-electron chi connectivity index (χ4n) is 3.52. The average Bonchev–Trinajstić information content (AvgIpc) is 3.47. The zero-order valence-electron chi connectivity index (χ0n) is 16.5. The van der Waals surface area contributed by atoms with Crippen LogP contribution in [0.1, 0.15) is 18.7 Å². The molecule has 30 heavy (non-hydrogen) atoms. The number of hydrogen-bond acceptors (Lipinski definition) is 7. The lowest BCUT2D eigenvalue weighted by Crippen LogP contribution is -2.45. The van der Waals surface area contributed by atoms with Crippen molar-refractivity contribution >= 4 is 27.3 Å². The lowest BCUT2D eigenvalue weighted by molar-refractivity contribution is -0.136. The van der Waals surface area contributed by atoms with Gasteiger partial charge in [0.2, 0.25) is 17.6 Å². The quantitative estimate of drug-likeness (QED) is 0.578. The average molecular weight is 447 g/mol. The molecule has 0 N–H and O–H groups in total. The minimum absolute atomic E-state index is 0.124. The maximum atomic E-state index is 13.0. The van der Waals surface area contributed by atoms with Crippen LogP contribution in [0.2, 0.25) is 0 Å². The molecule has 0 saturated carbocycles. The molecule has 8 nitrogen and oxygen atoms in total. The minimum Gasteiger partial charge on any atom is -0.337 e. The first-order valence-corrected chi connectivity index (χ1v) is 11.9. The molecule has 1 aromatic carbocycles. The summed E-state index contributed by atoms with van der Waals surface area (Å²) in [6.07, 6.45) is 1.30. The van der Waals surface area contributed by atoms with Gasteiger partial charge in [-0.2, -0.15) is 9.29 Å². The Morgan fingerprint density at radius 3 is 2.80 bits per heavy atom. The van der Waals surface area contributed by atoms with E-state index in [1.165, 1.54) is 20.5 Å². The van der Waals surface area contributed by atoms with Crippen LogP contribution in [0.15, 0.2) is 56.6 Å². The van der Waals surface area contributed by atoms with Crippen molar-refractivity contribution in [2.24, 2.45) is 5.92 Å². The van der Waals surface area contributed by atoms with E-state index >= 15 is 0 Å². The highest BCUT2D eigenvalue weighted by Crippen LogP contribution is 2.27. The summed E-state index contributed by atoms with van der Waals surface area (Å²) in [6.45, 7) is 0.785. The predicted octanol–water partition coefficient (Wildman–Crippen LogP) is 2.86. The van der Waals surface area contributed by atoms with Crippen molar-refractivity contribution in [3.8, 4) is 11.4 Å². The molecule has 1 atom stereocenters. The third kappa shape index (κ3) is 4.30. The first-order chi connectivity index (χ1) is 14.4. The molecular formula is C20H22N4O4S2. The Bertz CT molecular complexity index is 1100. The Morgan fingerprint density at radius 1 is 1.27 bits per heavy atom. The van der Waals surface area contributed by atoms with Gasteiger partial charge in [0, 0.05) is 25.7 Å². The molecule has 1 unspecified atom stereocenters. The molecular weight excluding hydrogens is 424 g/mol. The molecule has 0 radical (unpaired) electrons. The molecule has 158 valence electrons. The van der Waals surface area contributed by atoms with Crippen molar-refractivity contribution < 1.29 is 17.7 Å². The Balaban J connectivity index is 1.41. The highest BCUT2D eigenvalue weighted by molar-refractivity contribution is 7.91. The van der Waals surface area contributed by atoms with Crippen molar-refractivity contribution in [3.05, 3.63) is 53.7 Å². The number of sulfonamides is 1. The smallest absolute Gasteiger partial charge is 0.252 e. The zero-order chi connectivity index (χ0) is 21.1. The van der Waals surface area contributed by atoms with E-state index in [1.807, 2.05) is 30.3 Å². The van der Waals surface area contributed by atoms with E-state index in [0.717, 1.165) is 5.56 Å². The number of carbonyl (C=O) groups is 1. The van der Waals surface area contributed by atoms with E-state index in [0.29, 0.717) is 35.3 Å².